The average molecular weight is 465 g/mol. The summed E-state index contributed by atoms with van der Waals surface area (Å²) in [5.41, 5.74) is 0.0389. The zero-order chi connectivity index (χ0) is 24.0. The summed E-state index contributed by atoms with van der Waals surface area (Å²) < 4.78 is 7.25. The summed E-state index contributed by atoms with van der Waals surface area (Å²) in [5.74, 6) is 0.913. The maximum atomic E-state index is 10.5. The molecule has 0 heterocycles. The van der Waals surface area contributed by atoms with Crippen molar-refractivity contribution in [3.8, 4) is 0 Å². The molecule has 1 N–H and O–H groups in total. The minimum absolute atomic E-state index is 0.0108. The molecular weight excluding hydrogens is 420 g/mol. The molecule has 0 saturated heterocycles. The van der Waals surface area contributed by atoms with Crippen LogP contribution >= 0.6 is 0 Å². The van der Waals surface area contributed by atoms with Crippen LogP contribution in [0.5, 0.6) is 0 Å². The lowest BCUT2D eigenvalue weighted by molar-refractivity contribution is 0.0327. The highest BCUT2D eigenvalue weighted by Gasteiger charge is 2.51. The van der Waals surface area contributed by atoms with Crippen molar-refractivity contribution in [3.63, 3.8) is 0 Å². The molecule has 33 heavy (non-hydrogen) atoms. The predicted molar refractivity (Wildman–Crippen MR) is 144 cm³/mol. The molecule has 0 unspecified atom stereocenters. The van der Waals surface area contributed by atoms with Gasteiger partial charge in [-0.05, 0) is 64.8 Å². The van der Waals surface area contributed by atoms with Gasteiger partial charge in [-0.1, -0.05) is 101 Å². The maximum Gasteiger partial charge on any atom is 0.261 e. The number of rotatable bonds is 11. The Morgan fingerprint density at radius 3 is 2.15 bits per heavy atom. The first-order valence-corrected chi connectivity index (χ1v) is 14.7. The van der Waals surface area contributed by atoms with Gasteiger partial charge in [-0.2, -0.15) is 0 Å². The van der Waals surface area contributed by atoms with E-state index < -0.39 is 8.32 Å². The fraction of sp³-hybridized carbons (Fsp3) is 0.533. The van der Waals surface area contributed by atoms with Gasteiger partial charge in [-0.25, -0.2) is 0 Å². The van der Waals surface area contributed by atoms with Crippen molar-refractivity contribution in [2.45, 2.75) is 71.3 Å². The molecule has 1 aliphatic carbocycles. The van der Waals surface area contributed by atoms with Gasteiger partial charge in [-0.3, -0.25) is 0 Å². The number of benzene rings is 2. The van der Waals surface area contributed by atoms with Crippen molar-refractivity contribution in [2.24, 2.45) is 17.3 Å². The molecule has 3 atom stereocenters. The van der Waals surface area contributed by atoms with E-state index in [0.717, 1.165) is 32.3 Å². The van der Waals surface area contributed by atoms with E-state index in [1.165, 1.54) is 23.2 Å². The van der Waals surface area contributed by atoms with E-state index in [4.69, 9.17) is 4.43 Å². The normalized spacial score (nSPS) is 22.3. The molecule has 0 aliphatic heterocycles. The van der Waals surface area contributed by atoms with Crippen LogP contribution in [0, 0.1) is 17.3 Å². The minimum Gasteiger partial charge on any atom is -0.407 e. The molecule has 3 heteroatoms. The Kier molecular flexibility index (Phi) is 8.77. The van der Waals surface area contributed by atoms with Gasteiger partial charge in [0.2, 0.25) is 0 Å². The van der Waals surface area contributed by atoms with Crippen LogP contribution in [0.15, 0.2) is 73.3 Å². The Morgan fingerprint density at radius 1 is 1.09 bits per heavy atom. The first-order valence-electron chi connectivity index (χ1n) is 12.8. The second-order valence-corrected chi connectivity index (χ2v) is 15.5. The molecular formula is C30H44O2Si. The third-order valence-electron chi connectivity index (χ3n) is 8.04. The Morgan fingerprint density at radius 2 is 1.67 bits per heavy atom. The summed E-state index contributed by atoms with van der Waals surface area (Å²) in [6.45, 7) is 14.3. The SMILES string of the molecule is C=CCCC[C@@]1(CO)CCC[C@@H]1[C@@H](C)CO[Si](c1ccccc1)(c1ccccc1)C(C)(C)C. The van der Waals surface area contributed by atoms with Crippen molar-refractivity contribution in [2.75, 3.05) is 13.2 Å². The summed E-state index contributed by atoms with van der Waals surface area (Å²) in [4.78, 5) is 0. The van der Waals surface area contributed by atoms with E-state index in [2.05, 4.69) is 94.9 Å². The molecule has 1 saturated carbocycles. The van der Waals surface area contributed by atoms with Crippen molar-refractivity contribution < 1.29 is 9.53 Å². The Hall–Kier alpha value is -1.68. The topological polar surface area (TPSA) is 29.5 Å². The van der Waals surface area contributed by atoms with Crippen molar-refractivity contribution in [1.82, 2.24) is 0 Å². The lowest BCUT2D eigenvalue weighted by Gasteiger charge is -2.45. The van der Waals surface area contributed by atoms with E-state index in [0.29, 0.717) is 18.4 Å². The van der Waals surface area contributed by atoms with Gasteiger partial charge in [0.05, 0.1) is 0 Å². The fourth-order valence-electron chi connectivity index (χ4n) is 6.37. The molecule has 0 amide bonds. The first-order chi connectivity index (χ1) is 15.8. The largest absolute Gasteiger partial charge is 0.407 e. The molecule has 2 aromatic rings. The van der Waals surface area contributed by atoms with Crippen LogP contribution in [0.1, 0.15) is 66.2 Å². The molecule has 2 nitrogen and oxygen atoms in total. The Bertz CT molecular complexity index is 818. The van der Waals surface area contributed by atoms with Crippen LogP contribution in [0.4, 0.5) is 0 Å². The van der Waals surface area contributed by atoms with Gasteiger partial charge < -0.3 is 9.53 Å². The second kappa shape index (κ2) is 11.2. The molecule has 0 bridgehead atoms. The van der Waals surface area contributed by atoms with Gasteiger partial charge in [0.15, 0.2) is 0 Å². The Labute approximate surface area is 203 Å². The third-order valence-corrected chi connectivity index (χ3v) is 13.0. The molecule has 0 radical (unpaired) electrons. The first kappa shape index (κ1) is 25.9. The summed E-state index contributed by atoms with van der Waals surface area (Å²) in [6, 6.07) is 21.8. The quantitative estimate of drug-likeness (QED) is 0.239. The van der Waals surface area contributed by atoms with E-state index in [-0.39, 0.29) is 10.5 Å². The number of hydrogen-bond acceptors (Lipinski definition) is 2. The van der Waals surface area contributed by atoms with E-state index >= 15 is 0 Å². The van der Waals surface area contributed by atoms with Crippen molar-refractivity contribution in [1.29, 1.82) is 0 Å². The molecule has 1 fully saturated rings. The number of aliphatic hydroxyl groups is 1. The number of unbranched alkanes of at least 4 members (excludes halogenated alkanes) is 1. The van der Waals surface area contributed by atoms with Crippen molar-refractivity contribution >= 4 is 18.7 Å². The van der Waals surface area contributed by atoms with Crippen molar-refractivity contribution in [3.05, 3.63) is 73.3 Å². The van der Waals surface area contributed by atoms with Crippen LogP contribution in [0.2, 0.25) is 5.04 Å². The average Bonchev–Trinajstić information content (AvgIpc) is 3.24. The standard InChI is InChI=1S/C30H44O2Si/c1-6-7-14-21-30(24-31)22-15-20-28(30)25(2)23-32-33(29(3,4)5,26-16-10-8-11-17-26)27-18-12-9-13-19-27/h6,8-13,16-19,25,28,31H,1,7,14-15,20-24H2,2-5H3/t25-,28+,30-/m0/s1. The highest BCUT2D eigenvalue weighted by atomic mass is 28.4. The monoisotopic (exact) mass is 464 g/mol. The maximum absolute atomic E-state index is 10.5. The molecule has 0 aromatic heterocycles. The van der Waals surface area contributed by atoms with Crippen LogP contribution in [0.25, 0.3) is 0 Å². The number of aliphatic hydroxyl groups excluding tert-OH is 1. The molecule has 2 aromatic carbocycles. The lowest BCUT2D eigenvalue weighted by Crippen LogP contribution is -2.67. The third kappa shape index (κ3) is 5.36. The van der Waals surface area contributed by atoms with Crippen LogP contribution < -0.4 is 10.4 Å². The second-order valence-electron chi connectivity index (χ2n) is 11.2. The fourth-order valence-corrected chi connectivity index (χ4v) is 11.0. The number of allylic oxidation sites excluding steroid dienone is 1. The Balaban J connectivity index is 1.92. The van der Waals surface area contributed by atoms with Crippen LogP contribution in [-0.2, 0) is 4.43 Å². The summed E-state index contributed by atoms with van der Waals surface area (Å²) in [5, 5.41) is 13.1. The smallest absolute Gasteiger partial charge is 0.261 e. The number of hydrogen-bond donors (Lipinski definition) is 1. The summed E-state index contributed by atoms with van der Waals surface area (Å²) in [7, 11) is -2.53. The van der Waals surface area contributed by atoms with Gasteiger partial charge >= 0.3 is 0 Å². The zero-order valence-electron chi connectivity index (χ0n) is 21.2. The molecule has 3 rings (SSSR count). The summed E-state index contributed by atoms with van der Waals surface area (Å²) in [6.07, 6.45) is 8.77. The predicted octanol–water partition coefficient (Wildman–Crippen LogP) is 6.33. The van der Waals surface area contributed by atoms with Gasteiger partial charge in [-0.15, -0.1) is 6.58 Å². The zero-order valence-corrected chi connectivity index (χ0v) is 22.2. The summed E-state index contributed by atoms with van der Waals surface area (Å²) >= 11 is 0. The van der Waals surface area contributed by atoms with Gasteiger partial charge in [0.25, 0.3) is 8.32 Å². The minimum atomic E-state index is -2.53. The molecule has 1 aliphatic rings. The molecule has 180 valence electrons. The van der Waals surface area contributed by atoms with E-state index in [1.54, 1.807) is 0 Å². The highest BCUT2D eigenvalue weighted by molar-refractivity contribution is 6.99. The molecule has 0 spiro atoms. The van der Waals surface area contributed by atoms with Gasteiger partial charge in [0.1, 0.15) is 0 Å². The lowest BCUT2D eigenvalue weighted by atomic mass is 9.70. The highest BCUT2D eigenvalue weighted by Crippen LogP contribution is 2.50. The van der Waals surface area contributed by atoms with Crippen LogP contribution in [0.3, 0.4) is 0 Å². The van der Waals surface area contributed by atoms with E-state index in [9.17, 15) is 5.11 Å². The van der Waals surface area contributed by atoms with Gasteiger partial charge in [0, 0.05) is 13.2 Å². The van der Waals surface area contributed by atoms with E-state index in [1.807, 2.05) is 6.08 Å². The van der Waals surface area contributed by atoms with Crippen LogP contribution in [-0.4, -0.2) is 26.6 Å².